The quantitative estimate of drug-likeness (QED) is 0.757. The maximum atomic E-state index is 11.6. The second-order valence-corrected chi connectivity index (χ2v) is 4.57. The van der Waals surface area contributed by atoms with E-state index in [2.05, 4.69) is 0 Å². The van der Waals surface area contributed by atoms with Crippen molar-refractivity contribution in [2.45, 2.75) is 12.8 Å². The van der Waals surface area contributed by atoms with Crippen LogP contribution in [0.3, 0.4) is 0 Å². The van der Waals surface area contributed by atoms with E-state index in [1.165, 1.54) is 24.5 Å². The Hall–Kier alpha value is -2.74. The Morgan fingerprint density at radius 2 is 1.45 bits per heavy atom. The van der Waals surface area contributed by atoms with E-state index >= 15 is 0 Å². The van der Waals surface area contributed by atoms with Gasteiger partial charge >= 0.3 is 11.9 Å². The summed E-state index contributed by atoms with van der Waals surface area (Å²) in [6, 6.07) is 9.27. The first-order chi connectivity index (χ1) is 10.6. The lowest BCUT2D eigenvalue weighted by molar-refractivity contribution is -0.151. The van der Waals surface area contributed by atoms with Crippen molar-refractivity contribution >= 4 is 24.2 Å². The Morgan fingerprint density at radius 1 is 0.909 bits per heavy atom. The fourth-order valence-electron chi connectivity index (χ4n) is 1.49. The molecule has 114 valence electrons. The highest BCUT2D eigenvalue weighted by molar-refractivity contribution is 7.71. The summed E-state index contributed by atoms with van der Waals surface area (Å²) in [6.07, 6.45) is 2.38. The van der Waals surface area contributed by atoms with Gasteiger partial charge in [-0.3, -0.25) is 4.79 Å². The van der Waals surface area contributed by atoms with Crippen LogP contribution in [0.25, 0.3) is 0 Å². The lowest BCUT2D eigenvalue weighted by Gasteiger charge is -2.07. The van der Waals surface area contributed by atoms with Crippen molar-refractivity contribution in [1.82, 2.24) is 9.46 Å². The summed E-state index contributed by atoms with van der Waals surface area (Å²) in [5.41, 5.74) is -0.478. The zero-order chi connectivity index (χ0) is 15.9. The van der Waals surface area contributed by atoms with Crippen LogP contribution in [0.1, 0.15) is 12.8 Å². The topological polar surface area (TPSA) is 79.5 Å². The first-order valence-corrected chi connectivity index (χ1v) is 6.75. The molecular weight excluding hydrogens is 308 g/mol. The molecule has 2 aromatic rings. The average molecular weight is 320 g/mol. The molecule has 0 radical (unpaired) electrons. The summed E-state index contributed by atoms with van der Waals surface area (Å²) in [4.78, 5) is 44.3. The molecule has 0 aliphatic rings. The monoisotopic (exact) mass is 320 g/mol. The highest BCUT2D eigenvalue weighted by atomic mass is 32.1. The van der Waals surface area contributed by atoms with Gasteiger partial charge in [0.2, 0.25) is 0 Å². The molecule has 0 bridgehead atoms. The molecule has 8 heteroatoms. The van der Waals surface area contributed by atoms with Crippen LogP contribution in [-0.4, -0.2) is 21.4 Å². The van der Waals surface area contributed by atoms with Crippen molar-refractivity contribution < 1.29 is 19.3 Å². The summed E-state index contributed by atoms with van der Waals surface area (Å²) >= 11 is 4.96. The Labute approximate surface area is 130 Å². The van der Waals surface area contributed by atoms with Gasteiger partial charge in [0.05, 0.1) is 12.8 Å². The summed E-state index contributed by atoms with van der Waals surface area (Å²) in [5, 5.41) is 0. The second kappa shape index (κ2) is 7.32. The SMILES string of the molecule is O=C(CCC(=O)On1ccccc1=S)On1ccccc1=O. The Morgan fingerprint density at radius 3 is 2.05 bits per heavy atom. The highest BCUT2D eigenvalue weighted by Crippen LogP contribution is 1.95. The molecule has 2 heterocycles. The highest BCUT2D eigenvalue weighted by Gasteiger charge is 2.11. The van der Waals surface area contributed by atoms with Crippen LogP contribution in [0.5, 0.6) is 0 Å². The molecule has 0 aliphatic carbocycles. The summed E-state index contributed by atoms with van der Waals surface area (Å²) < 4.78 is 2.25. The molecule has 0 aliphatic heterocycles. The van der Waals surface area contributed by atoms with Gasteiger partial charge in [-0.15, -0.1) is 4.73 Å². The predicted molar refractivity (Wildman–Crippen MR) is 78.4 cm³/mol. The van der Waals surface area contributed by atoms with Crippen LogP contribution < -0.4 is 15.2 Å². The van der Waals surface area contributed by atoms with Crippen molar-refractivity contribution in [3.8, 4) is 0 Å². The molecular formula is C14H12N2O5S. The van der Waals surface area contributed by atoms with E-state index in [4.69, 9.17) is 21.9 Å². The van der Waals surface area contributed by atoms with Crippen LogP contribution in [-0.2, 0) is 9.59 Å². The van der Waals surface area contributed by atoms with Gasteiger partial charge < -0.3 is 9.68 Å². The molecule has 0 atom stereocenters. The number of nitrogens with zero attached hydrogens (tertiary/aromatic N) is 2. The molecule has 2 rings (SSSR count). The number of carbonyl (C=O) groups is 2. The van der Waals surface area contributed by atoms with Crippen LogP contribution in [0.2, 0.25) is 0 Å². The number of hydrogen-bond donors (Lipinski definition) is 0. The third-order valence-corrected chi connectivity index (χ3v) is 2.83. The van der Waals surface area contributed by atoms with Gasteiger partial charge in [-0.25, -0.2) is 9.59 Å². The molecule has 2 aromatic heterocycles. The predicted octanol–water partition coefficient (Wildman–Crippen LogP) is 0.770. The summed E-state index contributed by atoms with van der Waals surface area (Å²) in [5.74, 6) is -1.36. The molecule has 7 nitrogen and oxygen atoms in total. The fourth-order valence-corrected chi connectivity index (χ4v) is 1.67. The van der Waals surface area contributed by atoms with Gasteiger partial charge in [0.1, 0.15) is 4.64 Å². The lowest BCUT2D eigenvalue weighted by atomic mass is 10.3. The molecule has 0 spiro atoms. The second-order valence-electron chi connectivity index (χ2n) is 4.16. The number of pyridine rings is 2. The molecule has 0 amide bonds. The van der Waals surface area contributed by atoms with Crippen LogP contribution >= 0.6 is 12.2 Å². The Kier molecular flexibility index (Phi) is 5.21. The summed E-state index contributed by atoms with van der Waals surface area (Å²) in [7, 11) is 0. The van der Waals surface area contributed by atoms with Gasteiger partial charge in [0.15, 0.2) is 0 Å². The summed E-state index contributed by atoms with van der Waals surface area (Å²) in [6.45, 7) is 0. The van der Waals surface area contributed by atoms with Gasteiger partial charge in [-0.05, 0) is 18.2 Å². The van der Waals surface area contributed by atoms with Crippen molar-refractivity contribution in [3.63, 3.8) is 0 Å². The van der Waals surface area contributed by atoms with Gasteiger partial charge in [0, 0.05) is 18.5 Å². The molecule has 22 heavy (non-hydrogen) atoms. The molecule has 0 saturated heterocycles. The van der Waals surface area contributed by atoms with Gasteiger partial charge in [0.25, 0.3) is 5.56 Å². The van der Waals surface area contributed by atoms with Gasteiger partial charge in [-0.1, -0.05) is 24.4 Å². The van der Waals surface area contributed by atoms with Gasteiger partial charge in [-0.2, -0.15) is 4.73 Å². The normalized spacial score (nSPS) is 10.0. The minimum absolute atomic E-state index is 0.197. The van der Waals surface area contributed by atoms with Crippen molar-refractivity contribution in [3.05, 3.63) is 63.8 Å². The van der Waals surface area contributed by atoms with E-state index in [1.54, 1.807) is 24.3 Å². The maximum Gasteiger partial charge on any atom is 0.333 e. The molecule has 0 saturated carbocycles. The van der Waals surface area contributed by atoms with Crippen LogP contribution in [0.4, 0.5) is 0 Å². The van der Waals surface area contributed by atoms with Crippen LogP contribution in [0, 0.1) is 4.64 Å². The van der Waals surface area contributed by atoms with Crippen molar-refractivity contribution in [2.75, 3.05) is 0 Å². The Balaban J connectivity index is 1.85. The zero-order valence-electron chi connectivity index (χ0n) is 11.4. The smallest absolute Gasteiger partial charge is 0.333 e. The minimum atomic E-state index is -0.720. The molecule has 0 aromatic carbocycles. The van der Waals surface area contributed by atoms with Crippen molar-refractivity contribution in [2.24, 2.45) is 0 Å². The molecule has 0 N–H and O–H groups in total. The van der Waals surface area contributed by atoms with E-state index in [0.29, 0.717) is 4.64 Å². The number of rotatable bonds is 5. The first kappa shape index (κ1) is 15.6. The third-order valence-electron chi connectivity index (χ3n) is 2.51. The van der Waals surface area contributed by atoms with E-state index in [9.17, 15) is 14.4 Å². The Bertz CT molecular complexity index is 728. The number of hydrogen-bond acceptors (Lipinski definition) is 6. The minimum Gasteiger partial charge on any atom is -0.336 e. The van der Waals surface area contributed by atoms with E-state index in [0.717, 1.165) is 9.46 Å². The van der Waals surface area contributed by atoms with E-state index in [1.807, 2.05) is 0 Å². The number of carbonyl (C=O) groups excluding carboxylic acids is 2. The van der Waals surface area contributed by atoms with Crippen molar-refractivity contribution in [1.29, 1.82) is 0 Å². The number of aromatic nitrogens is 2. The lowest BCUT2D eigenvalue weighted by Crippen LogP contribution is -2.30. The maximum absolute atomic E-state index is 11.6. The van der Waals surface area contributed by atoms with Crippen LogP contribution in [0.15, 0.2) is 53.6 Å². The van der Waals surface area contributed by atoms with E-state index < -0.39 is 17.5 Å². The molecule has 0 fully saturated rings. The van der Waals surface area contributed by atoms with E-state index in [-0.39, 0.29) is 12.8 Å². The fraction of sp³-hybridized carbons (Fsp3) is 0.143. The largest absolute Gasteiger partial charge is 0.336 e. The molecule has 0 unspecified atom stereocenters. The average Bonchev–Trinajstić information content (AvgIpc) is 2.50. The zero-order valence-corrected chi connectivity index (χ0v) is 12.2. The first-order valence-electron chi connectivity index (χ1n) is 6.34. The third kappa shape index (κ3) is 4.38. The standard InChI is InChI=1S/C14H12N2O5S/c17-11-5-1-3-9-15(11)20-13(18)7-8-14(19)21-16-10-4-2-6-12(16)22/h1-6,9-10H,7-8H2.